The Bertz CT molecular complexity index is 598. The molecule has 0 saturated carbocycles. The zero-order valence-corrected chi connectivity index (χ0v) is 12.9. The van der Waals surface area contributed by atoms with Gasteiger partial charge in [-0.1, -0.05) is 23.7 Å². The van der Waals surface area contributed by atoms with Crippen molar-refractivity contribution in [3.63, 3.8) is 0 Å². The van der Waals surface area contributed by atoms with Crippen molar-refractivity contribution in [3.8, 4) is 11.5 Å². The Hall–Kier alpha value is -1.71. The molecule has 2 atom stereocenters. The number of rotatable bonds is 5. The van der Waals surface area contributed by atoms with Gasteiger partial charge in [-0.3, -0.25) is 0 Å². The van der Waals surface area contributed by atoms with Crippen LogP contribution in [0.2, 0.25) is 5.02 Å². The van der Waals surface area contributed by atoms with Gasteiger partial charge in [0.05, 0.1) is 0 Å². The predicted octanol–water partition coefficient (Wildman–Crippen LogP) is 4.03. The smallest absolute Gasteiger partial charge is 0.120 e. The number of halogens is 1. The third-order valence-corrected chi connectivity index (χ3v) is 3.72. The standard InChI is InChI=1S/C17H20ClNO2/c1-11(9-13-3-5-14(18)6-4-13)19-12(2)16-10-15(20)7-8-17(16)21/h3-8,10-12,19-21H,9H2,1-2H3. The number of nitrogens with one attached hydrogen (secondary N) is 1. The molecule has 0 heterocycles. The molecular formula is C17H20ClNO2. The SMILES string of the molecule is CC(Cc1ccc(Cl)cc1)NC(C)c1cc(O)ccc1O. The molecule has 0 aliphatic rings. The fraction of sp³-hybridized carbons (Fsp3) is 0.294. The second-order valence-corrected chi connectivity index (χ2v) is 5.80. The zero-order valence-electron chi connectivity index (χ0n) is 12.2. The molecule has 3 N–H and O–H groups in total. The van der Waals surface area contributed by atoms with Crippen molar-refractivity contribution in [3.05, 3.63) is 58.6 Å². The topological polar surface area (TPSA) is 52.5 Å². The van der Waals surface area contributed by atoms with Crippen molar-refractivity contribution >= 4 is 11.6 Å². The summed E-state index contributed by atoms with van der Waals surface area (Å²) in [4.78, 5) is 0. The number of hydrogen-bond acceptors (Lipinski definition) is 3. The summed E-state index contributed by atoms with van der Waals surface area (Å²) in [7, 11) is 0. The maximum atomic E-state index is 9.87. The molecule has 0 amide bonds. The summed E-state index contributed by atoms with van der Waals surface area (Å²) in [6, 6.07) is 12.5. The van der Waals surface area contributed by atoms with Crippen LogP contribution in [-0.2, 0) is 6.42 Å². The number of hydrogen-bond donors (Lipinski definition) is 3. The van der Waals surface area contributed by atoms with Crippen molar-refractivity contribution < 1.29 is 10.2 Å². The van der Waals surface area contributed by atoms with Gasteiger partial charge in [0.2, 0.25) is 0 Å². The minimum Gasteiger partial charge on any atom is -0.508 e. The third-order valence-electron chi connectivity index (χ3n) is 3.47. The molecule has 3 nitrogen and oxygen atoms in total. The van der Waals surface area contributed by atoms with Crippen LogP contribution in [0.5, 0.6) is 11.5 Å². The normalized spacial score (nSPS) is 13.9. The number of benzene rings is 2. The molecule has 0 fully saturated rings. The fourth-order valence-corrected chi connectivity index (χ4v) is 2.56. The van der Waals surface area contributed by atoms with Gasteiger partial charge >= 0.3 is 0 Å². The Labute approximate surface area is 130 Å². The Kier molecular flexibility index (Phi) is 5.10. The van der Waals surface area contributed by atoms with Gasteiger partial charge < -0.3 is 15.5 Å². The zero-order chi connectivity index (χ0) is 15.4. The van der Waals surface area contributed by atoms with Gasteiger partial charge in [-0.25, -0.2) is 0 Å². The Morgan fingerprint density at radius 3 is 2.38 bits per heavy atom. The molecule has 0 aromatic heterocycles. The van der Waals surface area contributed by atoms with Crippen molar-refractivity contribution in [2.24, 2.45) is 0 Å². The Morgan fingerprint density at radius 2 is 1.71 bits per heavy atom. The highest BCUT2D eigenvalue weighted by Crippen LogP contribution is 2.28. The van der Waals surface area contributed by atoms with Crippen molar-refractivity contribution in [1.29, 1.82) is 0 Å². The minimum absolute atomic E-state index is 0.0561. The monoisotopic (exact) mass is 305 g/mol. The van der Waals surface area contributed by atoms with Crippen LogP contribution in [0.25, 0.3) is 0 Å². The van der Waals surface area contributed by atoms with Crippen LogP contribution in [0, 0.1) is 0 Å². The van der Waals surface area contributed by atoms with Gasteiger partial charge in [-0.05, 0) is 56.2 Å². The highest BCUT2D eigenvalue weighted by molar-refractivity contribution is 6.30. The van der Waals surface area contributed by atoms with Crippen LogP contribution in [0.4, 0.5) is 0 Å². The Morgan fingerprint density at radius 1 is 1.05 bits per heavy atom. The van der Waals surface area contributed by atoms with E-state index in [2.05, 4.69) is 12.2 Å². The lowest BCUT2D eigenvalue weighted by atomic mass is 10.0. The lowest BCUT2D eigenvalue weighted by Crippen LogP contribution is -2.30. The lowest BCUT2D eigenvalue weighted by molar-refractivity contribution is 0.425. The summed E-state index contributed by atoms with van der Waals surface area (Å²) in [5.74, 6) is 0.341. The van der Waals surface area contributed by atoms with E-state index in [0.717, 1.165) is 11.4 Å². The molecule has 0 spiro atoms. The summed E-state index contributed by atoms with van der Waals surface area (Å²) >= 11 is 5.88. The van der Waals surface area contributed by atoms with E-state index in [1.165, 1.54) is 17.7 Å². The van der Waals surface area contributed by atoms with E-state index >= 15 is 0 Å². The van der Waals surface area contributed by atoms with Crippen molar-refractivity contribution in [1.82, 2.24) is 5.32 Å². The van der Waals surface area contributed by atoms with Crippen LogP contribution < -0.4 is 5.32 Å². The molecule has 0 bridgehead atoms. The largest absolute Gasteiger partial charge is 0.508 e. The molecule has 0 aliphatic heterocycles. The van der Waals surface area contributed by atoms with Gasteiger partial charge in [0.15, 0.2) is 0 Å². The number of phenolic OH excluding ortho intramolecular Hbond substituents is 2. The minimum atomic E-state index is -0.0561. The molecule has 0 aliphatic carbocycles. The molecule has 2 aromatic rings. The fourth-order valence-electron chi connectivity index (χ4n) is 2.44. The summed E-state index contributed by atoms with van der Waals surface area (Å²) in [5, 5.41) is 23.6. The van der Waals surface area contributed by atoms with E-state index in [1.54, 1.807) is 6.07 Å². The maximum Gasteiger partial charge on any atom is 0.120 e. The predicted molar refractivity (Wildman–Crippen MR) is 85.9 cm³/mol. The highest BCUT2D eigenvalue weighted by Gasteiger charge is 2.14. The number of phenols is 2. The van der Waals surface area contributed by atoms with Gasteiger partial charge in [-0.15, -0.1) is 0 Å². The average Bonchev–Trinajstić information content (AvgIpc) is 2.44. The van der Waals surface area contributed by atoms with E-state index in [0.29, 0.717) is 5.56 Å². The maximum absolute atomic E-state index is 9.87. The van der Waals surface area contributed by atoms with Crippen LogP contribution in [0.15, 0.2) is 42.5 Å². The van der Waals surface area contributed by atoms with Crippen LogP contribution in [-0.4, -0.2) is 16.3 Å². The van der Waals surface area contributed by atoms with Gasteiger partial charge in [0.1, 0.15) is 11.5 Å². The molecule has 2 unspecified atom stereocenters. The van der Waals surface area contributed by atoms with E-state index in [9.17, 15) is 10.2 Å². The second kappa shape index (κ2) is 6.83. The van der Waals surface area contributed by atoms with E-state index in [4.69, 9.17) is 11.6 Å². The number of aromatic hydroxyl groups is 2. The summed E-state index contributed by atoms with van der Waals surface area (Å²) in [5.41, 5.74) is 1.89. The molecule has 2 rings (SSSR count). The molecule has 4 heteroatoms. The lowest BCUT2D eigenvalue weighted by Gasteiger charge is -2.21. The first-order valence-electron chi connectivity index (χ1n) is 6.98. The first-order valence-corrected chi connectivity index (χ1v) is 7.36. The van der Waals surface area contributed by atoms with Crippen LogP contribution in [0.3, 0.4) is 0 Å². The van der Waals surface area contributed by atoms with Crippen molar-refractivity contribution in [2.75, 3.05) is 0 Å². The van der Waals surface area contributed by atoms with Gasteiger partial charge in [0, 0.05) is 22.7 Å². The van der Waals surface area contributed by atoms with E-state index in [-0.39, 0.29) is 23.6 Å². The van der Waals surface area contributed by atoms with Gasteiger partial charge in [-0.2, -0.15) is 0 Å². The molecule has 2 aromatic carbocycles. The van der Waals surface area contributed by atoms with Crippen molar-refractivity contribution in [2.45, 2.75) is 32.4 Å². The van der Waals surface area contributed by atoms with Crippen LogP contribution in [0.1, 0.15) is 31.0 Å². The Balaban J connectivity index is 2.00. The summed E-state index contributed by atoms with van der Waals surface area (Å²) in [6.45, 7) is 4.05. The van der Waals surface area contributed by atoms with E-state index in [1.807, 2.05) is 31.2 Å². The van der Waals surface area contributed by atoms with Crippen LogP contribution >= 0.6 is 11.6 Å². The molecule has 0 radical (unpaired) electrons. The first-order chi connectivity index (χ1) is 9.95. The van der Waals surface area contributed by atoms with Gasteiger partial charge in [0.25, 0.3) is 0 Å². The molecule has 21 heavy (non-hydrogen) atoms. The second-order valence-electron chi connectivity index (χ2n) is 5.36. The molecule has 112 valence electrons. The molecular weight excluding hydrogens is 286 g/mol. The third kappa shape index (κ3) is 4.38. The average molecular weight is 306 g/mol. The first kappa shape index (κ1) is 15.7. The molecule has 0 saturated heterocycles. The van der Waals surface area contributed by atoms with E-state index < -0.39 is 0 Å². The quantitative estimate of drug-likeness (QED) is 0.731. The summed E-state index contributed by atoms with van der Waals surface area (Å²) in [6.07, 6.45) is 0.862. The highest BCUT2D eigenvalue weighted by atomic mass is 35.5. The summed E-state index contributed by atoms with van der Waals surface area (Å²) < 4.78 is 0.